The highest BCUT2D eigenvalue weighted by atomic mass is 16.5. The minimum Gasteiger partial charge on any atom is -0.457 e. The van der Waals surface area contributed by atoms with Crippen molar-refractivity contribution in [1.82, 2.24) is 0 Å². The van der Waals surface area contributed by atoms with E-state index in [0.717, 1.165) is 11.5 Å². The first-order valence-electron chi connectivity index (χ1n) is 6.05. The van der Waals surface area contributed by atoms with E-state index >= 15 is 0 Å². The first kappa shape index (κ1) is 13.3. The Bertz CT molecular complexity index is 426. The van der Waals surface area contributed by atoms with Crippen molar-refractivity contribution in [2.75, 3.05) is 0 Å². The van der Waals surface area contributed by atoms with Crippen molar-refractivity contribution in [3.8, 4) is 11.5 Å². The van der Waals surface area contributed by atoms with E-state index in [1.807, 2.05) is 56.3 Å². The monoisotopic (exact) mass is 228 g/mol. The summed E-state index contributed by atoms with van der Waals surface area (Å²) >= 11 is 0. The van der Waals surface area contributed by atoms with Gasteiger partial charge in [0.25, 0.3) is 0 Å². The highest BCUT2D eigenvalue weighted by molar-refractivity contribution is 5.36. The van der Waals surface area contributed by atoms with Gasteiger partial charge in [-0.2, -0.15) is 0 Å². The molecular formula is C16H20O. The van der Waals surface area contributed by atoms with Crippen LogP contribution in [0.15, 0.2) is 48.5 Å². The lowest BCUT2D eigenvalue weighted by atomic mass is 10.1. The summed E-state index contributed by atoms with van der Waals surface area (Å²) in [5.74, 6) is 1.78. The van der Waals surface area contributed by atoms with Gasteiger partial charge in [-0.05, 0) is 49.2 Å². The van der Waals surface area contributed by atoms with Gasteiger partial charge in [0, 0.05) is 0 Å². The molecule has 0 heterocycles. The van der Waals surface area contributed by atoms with Gasteiger partial charge < -0.3 is 4.74 Å². The molecule has 0 N–H and O–H groups in total. The number of ether oxygens (including phenoxy) is 1. The Kier molecular flexibility index (Phi) is 5.28. The smallest absolute Gasteiger partial charge is 0.127 e. The number of hydrogen-bond acceptors (Lipinski definition) is 1. The lowest BCUT2D eigenvalue weighted by Gasteiger charge is -2.07. The van der Waals surface area contributed by atoms with E-state index in [1.54, 1.807) is 0 Å². The molecule has 0 saturated carbocycles. The Balaban J connectivity index is 0.000000686. The first-order valence-corrected chi connectivity index (χ1v) is 6.05. The summed E-state index contributed by atoms with van der Waals surface area (Å²) < 4.78 is 5.74. The van der Waals surface area contributed by atoms with Crippen LogP contribution in [0.25, 0.3) is 0 Å². The molecule has 0 aliphatic heterocycles. The highest BCUT2D eigenvalue weighted by Crippen LogP contribution is 2.23. The minimum atomic E-state index is 0.877. The summed E-state index contributed by atoms with van der Waals surface area (Å²) in [6.45, 7) is 8.15. The quantitative estimate of drug-likeness (QED) is 0.693. The second-order valence-electron chi connectivity index (χ2n) is 3.74. The van der Waals surface area contributed by atoms with Crippen LogP contribution in [0.2, 0.25) is 0 Å². The number of aryl methyl sites for hydroxylation is 2. The van der Waals surface area contributed by atoms with Crippen LogP contribution in [0.4, 0.5) is 0 Å². The largest absolute Gasteiger partial charge is 0.457 e. The number of para-hydroxylation sites is 1. The van der Waals surface area contributed by atoms with Crippen LogP contribution >= 0.6 is 0 Å². The molecule has 0 fully saturated rings. The van der Waals surface area contributed by atoms with E-state index in [4.69, 9.17) is 4.74 Å². The van der Waals surface area contributed by atoms with Gasteiger partial charge in [0.15, 0.2) is 0 Å². The normalized spacial score (nSPS) is 9.18. The molecule has 0 unspecified atom stereocenters. The third-order valence-electron chi connectivity index (χ3n) is 2.17. The summed E-state index contributed by atoms with van der Waals surface area (Å²) in [6.07, 6.45) is 0. The molecule has 0 aliphatic carbocycles. The summed E-state index contributed by atoms with van der Waals surface area (Å²) in [5, 5.41) is 0. The molecular weight excluding hydrogens is 208 g/mol. The van der Waals surface area contributed by atoms with Crippen molar-refractivity contribution in [3.05, 3.63) is 59.7 Å². The van der Waals surface area contributed by atoms with E-state index in [0.29, 0.717) is 0 Å². The molecule has 0 spiro atoms. The Labute approximate surface area is 104 Å². The summed E-state index contributed by atoms with van der Waals surface area (Å²) in [7, 11) is 0. The van der Waals surface area contributed by atoms with Gasteiger partial charge in [-0.3, -0.25) is 0 Å². The fourth-order valence-electron chi connectivity index (χ4n) is 1.62. The topological polar surface area (TPSA) is 9.23 Å². The minimum absolute atomic E-state index is 0.877. The van der Waals surface area contributed by atoms with Crippen molar-refractivity contribution in [1.29, 1.82) is 0 Å². The first-order chi connectivity index (χ1) is 8.24. The average Bonchev–Trinajstić information content (AvgIpc) is 2.31. The fourth-order valence-corrected chi connectivity index (χ4v) is 1.62. The molecule has 0 bridgehead atoms. The molecule has 0 saturated heterocycles. The van der Waals surface area contributed by atoms with E-state index < -0.39 is 0 Å². The SMILES string of the molecule is CC.Cc1cc(C)cc(Oc2ccccc2)c1. The van der Waals surface area contributed by atoms with Crippen molar-refractivity contribution in [2.24, 2.45) is 0 Å². The summed E-state index contributed by atoms with van der Waals surface area (Å²) in [6, 6.07) is 16.1. The highest BCUT2D eigenvalue weighted by Gasteiger charge is 1.98. The van der Waals surface area contributed by atoms with Crippen LogP contribution < -0.4 is 4.74 Å². The van der Waals surface area contributed by atoms with Crippen molar-refractivity contribution in [2.45, 2.75) is 27.7 Å². The molecule has 0 aromatic heterocycles. The summed E-state index contributed by atoms with van der Waals surface area (Å²) in [5.41, 5.74) is 2.45. The van der Waals surface area contributed by atoms with Crippen LogP contribution in [-0.2, 0) is 0 Å². The molecule has 0 radical (unpaired) electrons. The molecule has 90 valence electrons. The second-order valence-corrected chi connectivity index (χ2v) is 3.74. The summed E-state index contributed by atoms with van der Waals surface area (Å²) in [4.78, 5) is 0. The molecule has 2 aromatic carbocycles. The Morgan fingerprint density at radius 1 is 0.706 bits per heavy atom. The van der Waals surface area contributed by atoms with E-state index in [1.165, 1.54) is 11.1 Å². The van der Waals surface area contributed by atoms with Gasteiger partial charge in [0.2, 0.25) is 0 Å². The molecule has 1 nitrogen and oxygen atoms in total. The lowest BCUT2D eigenvalue weighted by molar-refractivity contribution is 0.482. The van der Waals surface area contributed by atoms with E-state index in [9.17, 15) is 0 Å². The standard InChI is InChI=1S/C14H14O.C2H6/c1-11-8-12(2)10-14(9-11)15-13-6-4-3-5-7-13;1-2/h3-10H,1-2H3;1-2H3. The van der Waals surface area contributed by atoms with Gasteiger partial charge in [0.05, 0.1) is 0 Å². The molecule has 0 atom stereocenters. The maximum Gasteiger partial charge on any atom is 0.127 e. The predicted octanol–water partition coefficient (Wildman–Crippen LogP) is 5.12. The van der Waals surface area contributed by atoms with Gasteiger partial charge in [-0.25, -0.2) is 0 Å². The number of benzene rings is 2. The molecule has 2 aromatic rings. The van der Waals surface area contributed by atoms with Gasteiger partial charge in [-0.15, -0.1) is 0 Å². The Morgan fingerprint density at radius 2 is 1.24 bits per heavy atom. The van der Waals surface area contributed by atoms with E-state index in [2.05, 4.69) is 19.9 Å². The second kappa shape index (κ2) is 6.74. The van der Waals surface area contributed by atoms with Crippen molar-refractivity contribution >= 4 is 0 Å². The van der Waals surface area contributed by atoms with Crippen molar-refractivity contribution < 1.29 is 4.74 Å². The van der Waals surface area contributed by atoms with Crippen LogP contribution in [0.5, 0.6) is 11.5 Å². The molecule has 0 amide bonds. The number of hydrogen-bond donors (Lipinski definition) is 0. The third-order valence-corrected chi connectivity index (χ3v) is 2.17. The molecule has 17 heavy (non-hydrogen) atoms. The molecule has 1 heteroatoms. The maximum absolute atomic E-state index is 5.74. The zero-order chi connectivity index (χ0) is 12.7. The number of rotatable bonds is 2. The van der Waals surface area contributed by atoms with Crippen molar-refractivity contribution in [3.63, 3.8) is 0 Å². The fraction of sp³-hybridized carbons (Fsp3) is 0.250. The van der Waals surface area contributed by atoms with Crippen LogP contribution in [0.3, 0.4) is 0 Å². The zero-order valence-corrected chi connectivity index (χ0v) is 11.0. The molecule has 0 aliphatic rings. The van der Waals surface area contributed by atoms with E-state index in [-0.39, 0.29) is 0 Å². The van der Waals surface area contributed by atoms with Gasteiger partial charge in [-0.1, -0.05) is 38.1 Å². The van der Waals surface area contributed by atoms with Gasteiger partial charge >= 0.3 is 0 Å². The Hall–Kier alpha value is -1.76. The van der Waals surface area contributed by atoms with Crippen LogP contribution in [0, 0.1) is 13.8 Å². The lowest BCUT2D eigenvalue weighted by Crippen LogP contribution is -1.85. The Morgan fingerprint density at radius 3 is 1.76 bits per heavy atom. The zero-order valence-electron chi connectivity index (χ0n) is 11.0. The maximum atomic E-state index is 5.74. The van der Waals surface area contributed by atoms with Crippen LogP contribution in [-0.4, -0.2) is 0 Å². The molecule has 2 rings (SSSR count). The predicted molar refractivity (Wildman–Crippen MR) is 73.8 cm³/mol. The third kappa shape index (κ3) is 4.31. The van der Waals surface area contributed by atoms with Crippen LogP contribution in [0.1, 0.15) is 25.0 Å². The van der Waals surface area contributed by atoms with Gasteiger partial charge in [0.1, 0.15) is 11.5 Å². The average molecular weight is 228 g/mol.